The second-order valence-electron chi connectivity index (χ2n) is 6.01. The molecule has 0 unspecified atom stereocenters. The van der Waals surface area contributed by atoms with E-state index in [0.29, 0.717) is 24.2 Å². The molecule has 1 aliphatic rings. The van der Waals surface area contributed by atoms with Crippen LogP contribution >= 0.6 is 11.8 Å². The quantitative estimate of drug-likeness (QED) is 0.506. The number of allylic oxidation sites excluding steroid dienone is 2. The lowest BCUT2D eigenvalue weighted by Crippen LogP contribution is -2.31. The standard InChI is InChI=1S/C18H32N2O2S/c1-6-9-15(20-22-7-2)18-16(19-5)11-14(12-17(18)21)10-13(4)23-8-3/h13-14,20H,6-12H2,1-5H3/t13-,14+/m1/s1. The average molecular weight is 341 g/mol. The summed E-state index contributed by atoms with van der Waals surface area (Å²) in [6.45, 7) is 9.05. The van der Waals surface area contributed by atoms with E-state index in [1.165, 1.54) is 0 Å². The van der Waals surface area contributed by atoms with Gasteiger partial charge in [-0.15, -0.1) is 0 Å². The monoisotopic (exact) mass is 340 g/mol. The first-order chi connectivity index (χ1) is 11.1. The second kappa shape index (κ2) is 10.9. The summed E-state index contributed by atoms with van der Waals surface area (Å²) in [5, 5.41) is 0.595. The van der Waals surface area contributed by atoms with Crippen LogP contribution in [0, 0.1) is 5.92 Å². The fourth-order valence-electron chi connectivity index (χ4n) is 3.14. The summed E-state index contributed by atoms with van der Waals surface area (Å²) in [6.07, 6.45) is 4.39. The SMILES string of the molecule is CCCC(NOCC)=C1C(=O)C[C@@H](C[C@@H](C)SCC)CC1=NC. The average Bonchev–Trinajstić information content (AvgIpc) is 2.51. The molecular formula is C18H32N2O2S. The molecule has 1 fully saturated rings. The summed E-state index contributed by atoms with van der Waals surface area (Å²) in [7, 11) is 1.79. The van der Waals surface area contributed by atoms with Crippen molar-refractivity contribution < 1.29 is 9.63 Å². The molecule has 5 heteroatoms. The normalized spacial score (nSPS) is 24.0. The van der Waals surface area contributed by atoms with E-state index in [0.717, 1.165) is 48.4 Å². The van der Waals surface area contributed by atoms with Crippen molar-refractivity contribution in [2.24, 2.45) is 10.9 Å². The maximum absolute atomic E-state index is 12.8. The van der Waals surface area contributed by atoms with Crippen molar-refractivity contribution in [1.82, 2.24) is 5.48 Å². The number of aliphatic imine (C=N–C) groups is 1. The Balaban J connectivity index is 2.93. The molecule has 0 aliphatic heterocycles. The summed E-state index contributed by atoms with van der Waals surface area (Å²) in [5.41, 5.74) is 5.60. The van der Waals surface area contributed by atoms with Gasteiger partial charge >= 0.3 is 0 Å². The highest BCUT2D eigenvalue weighted by Crippen LogP contribution is 2.32. The van der Waals surface area contributed by atoms with E-state index in [1.54, 1.807) is 7.05 Å². The molecule has 1 saturated carbocycles. The Bertz CT molecular complexity index is 446. The predicted molar refractivity (Wildman–Crippen MR) is 100.0 cm³/mol. The number of nitrogens with one attached hydrogen (secondary N) is 1. The Morgan fingerprint density at radius 1 is 1.39 bits per heavy atom. The number of rotatable bonds is 9. The van der Waals surface area contributed by atoms with Gasteiger partial charge in [-0.05, 0) is 37.9 Å². The Morgan fingerprint density at radius 3 is 2.70 bits per heavy atom. The van der Waals surface area contributed by atoms with Crippen LogP contribution in [0.15, 0.2) is 16.3 Å². The van der Waals surface area contributed by atoms with E-state index in [9.17, 15) is 4.79 Å². The molecule has 23 heavy (non-hydrogen) atoms. The molecule has 0 bridgehead atoms. The number of carbonyl (C=O) groups excluding carboxylic acids is 1. The van der Waals surface area contributed by atoms with E-state index < -0.39 is 0 Å². The third-order valence-corrected chi connectivity index (χ3v) is 5.15. The molecule has 132 valence electrons. The number of ketones is 1. The smallest absolute Gasteiger partial charge is 0.166 e. The molecule has 1 rings (SSSR count). The number of hydroxylamine groups is 1. The Kier molecular flexibility index (Phi) is 9.56. The maximum Gasteiger partial charge on any atom is 0.166 e. The molecule has 2 atom stereocenters. The minimum Gasteiger partial charge on any atom is -0.294 e. The van der Waals surface area contributed by atoms with E-state index in [1.807, 2.05) is 18.7 Å². The number of nitrogens with zero attached hydrogens (tertiary/aromatic N) is 1. The van der Waals surface area contributed by atoms with Crippen LogP contribution < -0.4 is 5.48 Å². The van der Waals surface area contributed by atoms with Crippen LogP contribution in [0.4, 0.5) is 0 Å². The fraction of sp³-hybridized carbons (Fsp3) is 0.778. The topological polar surface area (TPSA) is 50.7 Å². The van der Waals surface area contributed by atoms with Crippen LogP contribution in [0.1, 0.15) is 59.8 Å². The van der Waals surface area contributed by atoms with Crippen LogP contribution in [0.5, 0.6) is 0 Å². The van der Waals surface area contributed by atoms with Gasteiger partial charge in [-0.25, -0.2) is 0 Å². The minimum atomic E-state index is 0.214. The van der Waals surface area contributed by atoms with Crippen molar-refractivity contribution in [3.05, 3.63) is 11.3 Å². The van der Waals surface area contributed by atoms with E-state index in [-0.39, 0.29) is 5.78 Å². The van der Waals surface area contributed by atoms with E-state index in [2.05, 4.69) is 31.2 Å². The molecule has 0 heterocycles. The van der Waals surface area contributed by atoms with Gasteiger partial charge in [0.1, 0.15) is 0 Å². The molecule has 0 spiro atoms. The molecule has 4 nitrogen and oxygen atoms in total. The highest BCUT2D eigenvalue weighted by molar-refractivity contribution is 7.99. The van der Waals surface area contributed by atoms with Gasteiger partial charge < -0.3 is 0 Å². The van der Waals surface area contributed by atoms with Crippen molar-refractivity contribution in [1.29, 1.82) is 0 Å². The van der Waals surface area contributed by atoms with Crippen LogP contribution in [0.2, 0.25) is 0 Å². The lowest BCUT2D eigenvalue weighted by molar-refractivity contribution is -0.116. The summed E-state index contributed by atoms with van der Waals surface area (Å²) in [4.78, 5) is 22.5. The van der Waals surface area contributed by atoms with Crippen molar-refractivity contribution in [2.45, 2.75) is 65.0 Å². The summed E-state index contributed by atoms with van der Waals surface area (Å²) in [6, 6.07) is 0. The number of hydrogen-bond acceptors (Lipinski definition) is 5. The van der Waals surface area contributed by atoms with Gasteiger partial charge in [0, 0.05) is 24.4 Å². The van der Waals surface area contributed by atoms with E-state index >= 15 is 0 Å². The Morgan fingerprint density at radius 2 is 2.13 bits per heavy atom. The zero-order valence-corrected chi connectivity index (χ0v) is 16.1. The Labute approximate surface area is 145 Å². The Hall–Kier alpha value is -0.810. The zero-order valence-electron chi connectivity index (χ0n) is 15.3. The second-order valence-corrected chi connectivity index (χ2v) is 7.72. The van der Waals surface area contributed by atoms with Gasteiger partial charge in [0.2, 0.25) is 0 Å². The predicted octanol–water partition coefficient (Wildman–Crippen LogP) is 4.16. The molecule has 0 aromatic heterocycles. The van der Waals surface area contributed by atoms with Gasteiger partial charge in [0.05, 0.1) is 17.9 Å². The van der Waals surface area contributed by atoms with Crippen molar-refractivity contribution in [2.75, 3.05) is 19.4 Å². The van der Waals surface area contributed by atoms with Crippen molar-refractivity contribution in [3.63, 3.8) is 0 Å². The van der Waals surface area contributed by atoms with Gasteiger partial charge in [-0.1, -0.05) is 27.2 Å². The molecule has 0 aromatic carbocycles. The van der Waals surface area contributed by atoms with Gasteiger partial charge in [-0.2, -0.15) is 11.8 Å². The number of thioether (sulfide) groups is 1. The molecule has 1 N–H and O–H groups in total. The summed E-state index contributed by atoms with van der Waals surface area (Å²) >= 11 is 1.97. The first-order valence-corrected chi connectivity index (χ1v) is 9.83. The lowest BCUT2D eigenvalue weighted by Gasteiger charge is -2.28. The van der Waals surface area contributed by atoms with Crippen LogP contribution in [-0.4, -0.2) is 36.2 Å². The van der Waals surface area contributed by atoms with Gasteiger partial charge in [0.15, 0.2) is 5.78 Å². The zero-order chi connectivity index (χ0) is 17.2. The third kappa shape index (κ3) is 6.30. The molecule has 1 aliphatic carbocycles. The number of carbonyl (C=O) groups is 1. The van der Waals surface area contributed by atoms with Gasteiger partial charge in [-0.3, -0.25) is 20.1 Å². The highest BCUT2D eigenvalue weighted by Gasteiger charge is 2.31. The first kappa shape index (κ1) is 20.2. The van der Waals surface area contributed by atoms with Crippen molar-refractivity contribution in [3.8, 4) is 0 Å². The van der Waals surface area contributed by atoms with Crippen LogP contribution in [0.25, 0.3) is 0 Å². The first-order valence-electron chi connectivity index (χ1n) is 8.78. The van der Waals surface area contributed by atoms with Crippen LogP contribution in [0.3, 0.4) is 0 Å². The largest absolute Gasteiger partial charge is 0.294 e. The lowest BCUT2D eigenvalue weighted by atomic mass is 9.80. The minimum absolute atomic E-state index is 0.214. The number of Topliss-reactive ketones (excluding diaryl/α,β-unsaturated/α-hetero) is 1. The highest BCUT2D eigenvalue weighted by atomic mass is 32.2. The number of hydrogen-bond donors (Lipinski definition) is 1. The van der Waals surface area contributed by atoms with Crippen molar-refractivity contribution >= 4 is 23.3 Å². The fourth-order valence-corrected chi connectivity index (χ4v) is 4.12. The molecular weight excluding hydrogens is 308 g/mol. The molecule has 0 radical (unpaired) electrons. The van der Waals surface area contributed by atoms with E-state index in [4.69, 9.17) is 4.84 Å². The summed E-state index contributed by atoms with van der Waals surface area (Å²) < 4.78 is 0. The maximum atomic E-state index is 12.8. The van der Waals surface area contributed by atoms with Gasteiger partial charge in [0.25, 0.3) is 0 Å². The summed E-state index contributed by atoms with van der Waals surface area (Å²) in [5.74, 6) is 1.75. The third-order valence-electron chi connectivity index (χ3n) is 4.05. The molecule has 0 amide bonds. The molecule has 0 saturated heterocycles. The molecule has 0 aromatic rings. The van der Waals surface area contributed by atoms with Crippen LogP contribution in [-0.2, 0) is 9.63 Å².